The van der Waals surface area contributed by atoms with E-state index in [0.29, 0.717) is 17.8 Å². The molecule has 0 saturated carbocycles. The Morgan fingerprint density at radius 1 is 1.43 bits per heavy atom. The van der Waals surface area contributed by atoms with Crippen LogP contribution in [0, 0.1) is 28.6 Å². The Bertz CT molecular complexity index is 754. The van der Waals surface area contributed by atoms with Gasteiger partial charge in [-0.15, -0.1) is 0 Å². The zero-order valence-electron chi connectivity index (χ0n) is 17.9. The van der Waals surface area contributed by atoms with Crippen molar-refractivity contribution >= 4 is 28.9 Å². The summed E-state index contributed by atoms with van der Waals surface area (Å²) in [4.78, 5) is 8.62. The van der Waals surface area contributed by atoms with Crippen LogP contribution in [0.1, 0.15) is 60.3 Å². The van der Waals surface area contributed by atoms with Gasteiger partial charge in [0.25, 0.3) is 0 Å². The van der Waals surface area contributed by atoms with Crippen molar-refractivity contribution in [3.63, 3.8) is 0 Å². The fraction of sp³-hybridized carbons (Fsp3) is 0.542. The maximum atomic E-state index is 8.22. The van der Waals surface area contributed by atoms with Gasteiger partial charge in [0.05, 0.1) is 0 Å². The molecule has 2 aliphatic carbocycles. The first-order valence-electron chi connectivity index (χ1n) is 10.3. The summed E-state index contributed by atoms with van der Waals surface area (Å²) in [5.41, 5.74) is 2.42. The van der Waals surface area contributed by atoms with Crippen molar-refractivity contribution in [1.29, 1.82) is 5.41 Å². The van der Waals surface area contributed by atoms with Gasteiger partial charge in [-0.05, 0) is 67.5 Å². The SMILES string of the molecule is C/C=C\[C@H](C)CC1=C[C@H](C)[C@@](C)(/C=N/C(Cl)=N\C(=N)C2=CC=CC[C@H]2C)CC1. The van der Waals surface area contributed by atoms with Crippen LogP contribution in [0.3, 0.4) is 0 Å². The number of halogens is 1. The van der Waals surface area contributed by atoms with E-state index in [1.54, 1.807) is 0 Å². The van der Waals surface area contributed by atoms with E-state index in [4.69, 9.17) is 17.0 Å². The largest absolute Gasteiger partial charge is 0.283 e. The molecule has 0 radical (unpaired) electrons. The second-order valence-corrected chi connectivity index (χ2v) is 8.84. The molecule has 4 atom stereocenters. The molecule has 0 aromatic carbocycles. The highest BCUT2D eigenvalue weighted by Crippen LogP contribution is 2.40. The standard InChI is InChI=1S/C24H34ClN3/c1-6-9-17(2)14-20-12-13-24(5,19(4)15-20)16-27-23(25)28-22(26)21-11-8-7-10-18(21)3/h6-9,11,15-19,26H,10,12-14H2,1-5H3/b9-6-,26-22?,27-16+,28-23-/t17-,18+,19-,24+/m0/s1. The number of hydrogen-bond donors (Lipinski definition) is 1. The van der Waals surface area contributed by atoms with Crippen molar-refractivity contribution in [2.75, 3.05) is 0 Å². The van der Waals surface area contributed by atoms with E-state index in [1.807, 2.05) is 18.4 Å². The molecule has 0 bridgehead atoms. The minimum Gasteiger partial charge on any atom is -0.283 e. The van der Waals surface area contributed by atoms with Crippen molar-refractivity contribution in [2.24, 2.45) is 33.2 Å². The summed E-state index contributed by atoms with van der Waals surface area (Å²) in [6.45, 7) is 10.9. The second kappa shape index (κ2) is 10.2. The van der Waals surface area contributed by atoms with Crippen LogP contribution in [-0.2, 0) is 0 Å². The summed E-state index contributed by atoms with van der Waals surface area (Å²) in [7, 11) is 0. The summed E-state index contributed by atoms with van der Waals surface area (Å²) >= 11 is 6.25. The highest BCUT2D eigenvalue weighted by Gasteiger charge is 2.32. The van der Waals surface area contributed by atoms with Gasteiger partial charge in [0.1, 0.15) is 0 Å². The van der Waals surface area contributed by atoms with Crippen LogP contribution >= 0.6 is 11.6 Å². The minimum absolute atomic E-state index is 0.0364. The molecule has 0 amide bonds. The molecule has 0 aromatic heterocycles. The lowest BCUT2D eigenvalue weighted by molar-refractivity contribution is 0.320. The van der Waals surface area contributed by atoms with Crippen molar-refractivity contribution in [3.05, 3.63) is 47.6 Å². The summed E-state index contributed by atoms with van der Waals surface area (Å²) in [5, 5.41) is 8.35. The third kappa shape index (κ3) is 6.13. The predicted molar refractivity (Wildman–Crippen MR) is 124 cm³/mol. The van der Waals surface area contributed by atoms with Crippen LogP contribution in [0.4, 0.5) is 0 Å². The Hall–Kier alpha value is -1.74. The third-order valence-corrected chi connectivity index (χ3v) is 6.17. The number of amidine groups is 2. The van der Waals surface area contributed by atoms with Gasteiger partial charge < -0.3 is 0 Å². The molecule has 1 N–H and O–H groups in total. The van der Waals surface area contributed by atoms with Gasteiger partial charge >= 0.3 is 0 Å². The van der Waals surface area contributed by atoms with Gasteiger partial charge in [-0.1, -0.05) is 69.7 Å². The lowest BCUT2D eigenvalue weighted by atomic mass is 9.69. The first-order valence-corrected chi connectivity index (χ1v) is 10.7. The molecule has 152 valence electrons. The molecule has 28 heavy (non-hydrogen) atoms. The van der Waals surface area contributed by atoms with Gasteiger partial charge in [0, 0.05) is 11.6 Å². The van der Waals surface area contributed by atoms with E-state index < -0.39 is 0 Å². The average Bonchev–Trinajstić information content (AvgIpc) is 2.64. The van der Waals surface area contributed by atoms with Crippen molar-refractivity contribution < 1.29 is 0 Å². The fourth-order valence-electron chi connectivity index (χ4n) is 3.89. The predicted octanol–water partition coefficient (Wildman–Crippen LogP) is 7.12. The number of rotatable bonds is 5. The molecule has 0 fully saturated rings. The minimum atomic E-state index is -0.0364. The van der Waals surface area contributed by atoms with Crippen LogP contribution in [0.15, 0.2) is 57.6 Å². The molecule has 2 aliphatic rings. The van der Waals surface area contributed by atoms with Crippen LogP contribution in [0.5, 0.6) is 0 Å². The number of hydrogen-bond acceptors (Lipinski definition) is 1. The van der Waals surface area contributed by atoms with Crippen LogP contribution in [-0.4, -0.2) is 17.3 Å². The Kier molecular flexibility index (Phi) is 8.18. The molecule has 0 unspecified atom stereocenters. The van der Waals surface area contributed by atoms with Gasteiger partial charge in [-0.2, -0.15) is 4.99 Å². The molecule has 3 nitrogen and oxygen atoms in total. The average molecular weight is 400 g/mol. The van der Waals surface area contributed by atoms with Crippen molar-refractivity contribution in [1.82, 2.24) is 0 Å². The van der Waals surface area contributed by atoms with Crippen LogP contribution in [0.2, 0.25) is 0 Å². The van der Waals surface area contributed by atoms with Gasteiger partial charge in [0.2, 0.25) is 5.29 Å². The highest BCUT2D eigenvalue weighted by molar-refractivity contribution is 6.66. The van der Waals surface area contributed by atoms with Gasteiger partial charge in [0.15, 0.2) is 5.84 Å². The Morgan fingerprint density at radius 3 is 2.82 bits per heavy atom. The smallest absolute Gasteiger partial charge is 0.224 e. The molecule has 0 spiro atoms. The van der Waals surface area contributed by atoms with E-state index in [2.05, 4.69) is 68.9 Å². The topological polar surface area (TPSA) is 48.6 Å². The Balaban J connectivity index is 2.04. The lowest BCUT2D eigenvalue weighted by Crippen LogP contribution is -2.29. The monoisotopic (exact) mass is 399 g/mol. The summed E-state index contributed by atoms with van der Waals surface area (Å²) in [6, 6.07) is 0. The van der Waals surface area contributed by atoms with E-state index >= 15 is 0 Å². The number of nitrogens with one attached hydrogen (secondary N) is 1. The molecule has 4 heteroatoms. The molecule has 0 aliphatic heterocycles. The summed E-state index contributed by atoms with van der Waals surface area (Å²) in [5.74, 6) is 1.48. The third-order valence-electron chi connectivity index (χ3n) is 5.99. The number of nitrogens with zero attached hydrogens (tertiary/aromatic N) is 2. The Morgan fingerprint density at radius 2 is 2.18 bits per heavy atom. The first-order chi connectivity index (χ1) is 13.2. The van der Waals surface area contributed by atoms with E-state index in [1.165, 1.54) is 5.57 Å². The fourth-order valence-corrected chi connectivity index (χ4v) is 4.02. The van der Waals surface area contributed by atoms with Crippen molar-refractivity contribution in [3.8, 4) is 0 Å². The molecular weight excluding hydrogens is 366 g/mol. The van der Waals surface area contributed by atoms with Gasteiger partial charge in [-0.25, -0.2) is 4.99 Å². The quantitative estimate of drug-likeness (QED) is 0.221. The molecule has 0 aromatic rings. The maximum Gasteiger partial charge on any atom is 0.224 e. The molecule has 2 rings (SSSR count). The summed E-state index contributed by atoms with van der Waals surface area (Å²) in [6.07, 6.45) is 19.0. The molecule has 0 saturated heterocycles. The Labute approximate surface area is 175 Å². The van der Waals surface area contributed by atoms with Gasteiger partial charge in [-0.3, -0.25) is 5.41 Å². The van der Waals surface area contributed by atoms with E-state index in [-0.39, 0.29) is 16.5 Å². The van der Waals surface area contributed by atoms with Crippen LogP contribution < -0.4 is 0 Å². The first kappa shape index (κ1) is 22.5. The van der Waals surface area contributed by atoms with Crippen molar-refractivity contribution in [2.45, 2.75) is 60.3 Å². The second-order valence-electron chi connectivity index (χ2n) is 8.50. The normalized spacial score (nSPS) is 29.9. The van der Waals surface area contributed by atoms with E-state index in [0.717, 1.165) is 31.3 Å². The number of allylic oxidation sites excluding steroid dienone is 7. The van der Waals surface area contributed by atoms with Crippen LogP contribution in [0.25, 0.3) is 0 Å². The zero-order valence-corrected chi connectivity index (χ0v) is 18.6. The summed E-state index contributed by atoms with van der Waals surface area (Å²) < 4.78 is 0. The maximum absolute atomic E-state index is 8.22. The lowest BCUT2D eigenvalue weighted by Gasteiger charge is -2.35. The zero-order chi connectivity index (χ0) is 20.7. The van der Waals surface area contributed by atoms with E-state index in [9.17, 15) is 0 Å². The molecule has 0 heterocycles. The molecular formula is C24H34ClN3. The number of aliphatic imine (C=N–C) groups is 2. The highest BCUT2D eigenvalue weighted by atomic mass is 35.5.